The Morgan fingerprint density at radius 3 is 2.94 bits per heavy atom. The van der Waals surface area contributed by atoms with Gasteiger partial charge in [-0.2, -0.15) is 0 Å². The fourth-order valence-electron chi connectivity index (χ4n) is 1.83. The number of hydrogen-bond acceptors (Lipinski definition) is 2. The minimum atomic E-state index is 0.0716. The Balaban J connectivity index is 2.30. The highest BCUT2D eigenvalue weighted by Crippen LogP contribution is 2.31. The number of benzene rings is 1. The summed E-state index contributed by atoms with van der Waals surface area (Å²) in [5, 5.41) is 9.08. The lowest BCUT2D eigenvalue weighted by atomic mass is 10.1. The van der Waals surface area contributed by atoms with Crippen molar-refractivity contribution in [3.63, 3.8) is 0 Å². The molecule has 1 fully saturated rings. The second-order valence-corrected chi connectivity index (χ2v) is 5.93. The van der Waals surface area contributed by atoms with Crippen molar-refractivity contribution in [2.24, 2.45) is 5.92 Å². The molecule has 1 saturated heterocycles. The number of carbonyl (C=O) groups is 1. The number of nitrogens with zero attached hydrogens (tertiary/aromatic N) is 1. The molecule has 1 N–H and O–H groups in total. The van der Waals surface area contributed by atoms with Crippen LogP contribution in [0.4, 0.5) is 5.69 Å². The predicted octanol–water partition coefficient (Wildman–Crippen LogP) is 2.40. The van der Waals surface area contributed by atoms with Crippen LogP contribution < -0.4 is 4.90 Å². The second kappa shape index (κ2) is 5.01. The Morgan fingerprint density at radius 1 is 1.56 bits per heavy atom. The van der Waals surface area contributed by atoms with Crippen LogP contribution in [-0.2, 0) is 4.79 Å². The highest BCUT2D eigenvalue weighted by atomic mass is 127. The summed E-state index contributed by atoms with van der Waals surface area (Å²) in [4.78, 5) is 13.6. The van der Waals surface area contributed by atoms with E-state index in [0.717, 1.165) is 13.7 Å². The summed E-state index contributed by atoms with van der Waals surface area (Å²) < 4.78 is 2.01. The molecule has 1 atom stereocenters. The molecule has 1 aliphatic heterocycles. The lowest BCUT2D eigenvalue weighted by Crippen LogP contribution is -2.25. The fourth-order valence-corrected chi connectivity index (χ4v) is 2.81. The van der Waals surface area contributed by atoms with Crippen molar-refractivity contribution in [1.82, 2.24) is 0 Å². The van der Waals surface area contributed by atoms with Gasteiger partial charge in [0.1, 0.15) is 0 Å². The maximum Gasteiger partial charge on any atom is 0.227 e. The van der Waals surface area contributed by atoms with E-state index in [0.29, 0.717) is 13.0 Å². The molecule has 3 nitrogen and oxygen atoms in total. The van der Waals surface area contributed by atoms with Gasteiger partial charge in [-0.1, -0.05) is 15.9 Å². The topological polar surface area (TPSA) is 40.5 Å². The maximum absolute atomic E-state index is 11.8. The monoisotopic (exact) mass is 395 g/mol. The van der Waals surface area contributed by atoms with Crippen LogP contribution in [-0.4, -0.2) is 24.2 Å². The fraction of sp³-hybridized carbons (Fsp3) is 0.364. The largest absolute Gasteiger partial charge is 0.396 e. The van der Waals surface area contributed by atoms with Crippen molar-refractivity contribution in [3.8, 4) is 0 Å². The third-order valence-electron chi connectivity index (χ3n) is 2.66. The molecular weight excluding hydrogens is 385 g/mol. The minimum absolute atomic E-state index is 0.0716. The Hall–Kier alpha value is -0.140. The van der Waals surface area contributed by atoms with Crippen LogP contribution >= 0.6 is 38.5 Å². The average Bonchev–Trinajstić information content (AvgIpc) is 2.63. The van der Waals surface area contributed by atoms with Gasteiger partial charge in [-0.05, 0) is 40.8 Å². The van der Waals surface area contributed by atoms with E-state index in [1.807, 2.05) is 18.2 Å². The first-order chi connectivity index (χ1) is 7.61. The smallest absolute Gasteiger partial charge is 0.227 e. The zero-order valence-corrected chi connectivity index (χ0v) is 12.2. The average molecular weight is 396 g/mol. The van der Waals surface area contributed by atoms with E-state index in [1.54, 1.807) is 4.90 Å². The molecule has 1 aliphatic rings. The highest BCUT2D eigenvalue weighted by Gasteiger charge is 2.31. The van der Waals surface area contributed by atoms with Crippen LogP contribution in [0.25, 0.3) is 0 Å². The summed E-state index contributed by atoms with van der Waals surface area (Å²) in [5.41, 5.74) is 0.927. The molecular formula is C11H11BrINO2. The van der Waals surface area contributed by atoms with Gasteiger partial charge in [0.25, 0.3) is 0 Å². The van der Waals surface area contributed by atoms with Crippen LogP contribution in [0, 0.1) is 9.49 Å². The number of aliphatic hydroxyl groups is 1. The van der Waals surface area contributed by atoms with E-state index in [4.69, 9.17) is 5.11 Å². The molecule has 1 aromatic carbocycles. The van der Waals surface area contributed by atoms with E-state index < -0.39 is 0 Å². The highest BCUT2D eigenvalue weighted by molar-refractivity contribution is 14.1. The van der Waals surface area contributed by atoms with E-state index >= 15 is 0 Å². The summed E-state index contributed by atoms with van der Waals surface area (Å²) >= 11 is 5.62. The van der Waals surface area contributed by atoms with Gasteiger partial charge in [0.05, 0.1) is 5.69 Å². The van der Waals surface area contributed by atoms with Crippen molar-refractivity contribution in [3.05, 3.63) is 26.2 Å². The number of aliphatic hydroxyl groups excluding tert-OH is 1. The quantitative estimate of drug-likeness (QED) is 0.781. The predicted molar refractivity (Wildman–Crippen MR) is 74.4 cm³/mol. The number of carbonyl (C=O) groups excluding carboxylic acids is 1. The van der Waals surface area contributed by atoms with Gasteiger partial charge in [0, 0.05) is 33.5 Å². The third kappa shape index (κ3) is 2.41. The zero-order valence-electron chi connectivity index (χ0n) is 8.49. The van der Waals surface area contributed by atoms with Gasteiger partial charge >= 0.3 is 0 Å². The first-order valence-electron chi connectivity index (χ1n) is 4.98. The van der Waals surface area contributed by atoms with Crippen molar-refractivity contribution in [2.75, 3.05) is 18.1 Å². The molecule has 16 heavy (non-hydrogen) atoms. The van der Waals surface area contributed by atoms with Gasteiger partial charge < -0.3 is 10.0 Å². The molecule has 1 aromatic rings. The summed E-state index contributed by atoms with van der Waals surface area (Å²) in [7, 11) is 0. The van der Waals surface area contributed by atoms with Crippen LogP contribution in [0.1, 0.15) is 6.42 Å². The molecule has 0 bridgehead atoms. The Bertz CT molecular complexity index is 424. The molecule has 1 amide bonds. The summed E-state index contributed by atoms with van der Waals surface area (Å²) in [6.45, 7) is 0.689. The van der Waals surface area contributed by atoms with Gasteiger partial charge in [-0.15, -0.1) is 0 Å². The first-order valence-corrected chi connectivity index (χ1v) is 6.85. The SMILES string of the molecule is O=C1CC(CO)CN1c1cc(Br)ccc1I. The summed E-state index contributed by atoms with van der Waals surface area (Å²) in [6, 6.07) is 5.87. The van der Waals surface area contributed by atoms with Crippen molar-refractivity contribution >= 4 is 50.1 Å². The lowest BCUT2D eigenvalue weighted by Gasteiger charge is -2.18. The third-order valence-corrected chi connectivity index (χ3v) is 4.07. The lowest BCUT2D eigenvalue weighted by molar-refractivity contribution is -0.117. The molecule has 0 aliphatic carbocycles. The van der Waals surface area contributed by atoms with Crippen molar-refractivity contribution in [2.45, 2.75) is 6.42 Å². The minimum Gasteiger partial charge on any atom is -0.396 e. The molecule has 0 radical (unpaired) electrons. The number of hydrogen-bond donors (Lipinski definition) is 1. The van der Waals surface area contributed by atoms with E-state index in [1.165, 1.54) is 0 Å². The number of anilines is 1. The molecule has 0 saturated carbocycles. The van der Waals surface area contributed by atoms with Gasteiger partial charge in [-0.25, -0.2) is 0 Å². The van der Waals surface area contributed by atoms with E-state index in [-0.39, 0.29) is 18.4 Å². The number of amides is 1. The normalized spacial score (nSPS) is 20.6. The van der Waals surface area contributed by atoms with Crippen molar-refractivity contribution in [1.29, 1.82) is 0 Å². The van der Waals surface area contributed by atoms with Crippen LogP contribution in [0.2, 0.25) is 0 Å². The molecule has 0 aromatic heterocycles. The molecule has 0 spiro atoms. The van der Waals surface area contributed by atoms with Crippen LogP contribution in [0.3, 0.4) is 0 Å². The zero-order chi connectivity index (χ0) is 11.7. The first kappa shape index (κ1) is 12.3. The Morgan fingerprint density at radius 2 is 2.31 bits per heavy atom. The standard InChI is InChI=1S/C11H11BrINO2/c12-8-1-2-9(13)10(4-8)14-5-7(6-15)3-11(14)16/h1-2,4,7,15H,3,5-6H2. The maximum atomic E-state index is 11.8. The molecule has 5 heteroatoms. The second-order valence-electron chi connectivity index (χ2n) is 3.85. The Kier molecular flexibility index (Phi) is 3.86. The van der Waals surface area contributed by atoms with Gasteiger partial charge in [0.2, 0.25) is 5.91 Å². The Labute approximate surface area is 116 Å². The van der Waals surface area contributed by atoms with Crippen LogP contribution in [0.5, 0.6) is 0 Å². The van der Waals surface area contributed by atoms with Gasteiger partial charge in [-0.3, -0.25) is 4.79 Å². The number of halogens is 2. The molecule has 1 unspecified atom stereocenters. The van der Waals surface area contributed by atoms with E-state index in [9.17, 15) is 4.79 Å². The number of rotatable bonds is 2. The molecule has 2 rings (SSSR count). The molecule has 86 valence electrons. The van der Waals surface area contributed by atoms with Crippen molar-refractivity contribution < 1.29 is 9.90 Å². The van der Waals surface area contributed by atoms with Crippen LogP contribution in [0.15, 0.2) is 22.7 Å². The van der Waals surface area contributed by atoms with E-state index in [2.05, 4.69) is 38.5 Å². The van der Waals surface area contributed by atoms with Gasteiger partial charge in [0.15, 0.2) is 0 Å². The summed E-state index contributed by atoms with van der Waals surface area (Å²) in [5.74, 6) is 0.164. The summed E-state index contributed by atoms with van der Waals surface area (Å²) in [6.07, 6.45) is 0.444. The molecule has 1 heterocycles.